The summed E-state index contributed by atoms with van der Waals surface area (Å²) in [4.78, 5) is 15.9. The van der Waals surface area contributed by atoms with Crippen LogP contribution >= 0.6 is 0 Å². The maximum Gasteiger partial charge on any atom is 0.410 e. The first-order valence-corrected chi connectivity index (χ1v) is 23.6. The Morgan fingerprint density at radius 3 is 2.20 bits per heavy atom. The van der Waals surface area contributed by atoms with Crippen molar-refractivity contribution in [1.29, 1.82) is 0 Å². The van der Waals surface area contributed by atoms with Crippen molar-refractivity contribution in [3.8, 4) is 0 Å². The highest BCUT2D eigenvalue weighted by Gasteiger charge is 2.59. The number of rotatable bonds is 22. The lowest BCUT2D eigenvalue weighted by Gasteiger charge is -2.58. The fourth-order valence-electron chi connectivity index (χ4n) is 12.5. The van der Waals surface area contributed by atoms with Gasteiger partial charge in [-0.1, -0.05) is 93.7 Å². The average molecular weight is 755 g/mol. The van der Waals surface area contributed by atoms with Crippen molar-refractivity contribution in [3.05, 3.63) is 11.6 Å². The number of amides is 1. The molecule has 6 heteroatoms. The van der Waals surface area contributed by atoms with Crippen molar-refractivity contribution >= 4 is 6.09 Å². The zero-order valence-corrected chi connectivity index (χ0v) is 37.4. The van der Waals surface area contributed by atoms with E-state index in [0.29, 0.717) is 12.0 Å². The molecule has 0 aromatic heterocycles. The quantitative estimate of drug-likeness (QED) is 0.0756. The van der Waals surface area contributed by atoms with Gasteiger partial charge >= 0.3 is 6.09 Å². The second-order valence-electron chi connectivity index (χ2n) is 20.3. The summed E-state index contributed by atoms with van der Waals surface area (Å²) in [5.41, 5.74) is 15.3. The summed E-state index contributed by atoms with van der Waals surface area (Å²) < 4.78 is 6.44. The summed E-state index contributed by atoms with van der Waals surface area (Å²) >= 11 is 0. The summed E-state index contributed by atoms with van der Waals surface area (Å²) in [5.74, 6) is 5.87. The maximum atomic E-state index is 13.9. The molecule has 4 rings (SSSR count). The number of hydrogen-bond donors (Lipinski definition) is 3. The maximum absolute atomic E-state index is 13.9. The molecular weight excluding hydrogens is 665 g/mol. The van der Waals surface area contributed by atoms with Crippen molar-refractivity contribution in [2.24, 2.45) is 63.7 Å². The van der Waals surface area contributed by atoms with Crippen LogP contribution in [0.5, 0.6) is 0 Å². The summed E-state index contributed by atoms with van der Waals surface area (Å²) in [6.45, 7) is 27.1. The van der Waals surface area contributed by atoms with E-state index in [1.54, 1.807) is 5.57 Å². The van der Waals surface area contributed by atoms with Crippen LogP contribution in [0.3, 0.4) is 0 Å². The monoisotopic (exact) mass is 755 g/mol. The van der Waals surface area contributed by atoms with Crippen LogP contribution in [-0.2, 0) is 4.74 Å². The summed E-state index contributed by atoms with van der Waals surface area (Å²) in [5, 5.41) is 3.60. The minimum absolute atomic E-state index is 0.0189. The molecule has 314 valence electrons. The minimum Gasteiger partial charge on any atom is -0.446 e. The predicted molar refractivity (Wildman–Crippen MR) is 230 cm³/mol. The normalized spacial score (nSPS) is 31.0. The summed E-state index contributed by atoms with van der Waals surface area (Å²) in [7, 11) is 0. The number of ether oxygens (including phenoxy) is 1. The SMILES string of the molecule is CC[C@H](CC[C@@H](C)[C@H]1CC[C@H]2[C@@H]3CC=C4C[C@@H](OC(=O)N(CCCCNCCC(N)(CC)CC)CCC(N)(CC)CC)CC[C@]4(C)C3CC[C@]12C)C(C)C. The third-order valence-electron chi connectivity index (χ3n) is 17.3. The van der Waals surface area contributed by atoms with Gasteiger partial charge in [-0.2, -0.15) is 0 Å². The van der Waals surface area contributed by atoms with Gasteiger partial charge in [0.1, 0.15) is 6.10 Å². The number of carbonyl (C=O) groups is 1. The zero-order chi connectivity index (χ0) is 39.7. The summed E-state index contributed by atoms with van der Waals surface area (Å²) in [6.07, 6.45) is 24.3. The van der Waals surface area contributed by atoms with Gasteiger partial charge in [0.25, 0.3) is 0 Å². The Balaban J connectivity index is 1.34. The molecule has 0 aromatic carbocycles. The fraction of sp³-hybridized carbons (Fsp3) is 0.938. The Hall–Kier alpha value is -1.11. The second-order valence-corrected chi connectivity index (χ2v) is 20.3. The van der Waals surface area contributed by atoms with E-state index < -0.39 is 0 Å². The molecule has 4 aliphatic carbocycles. The van der Waals surface area contributed by atoms with Crippen molar-refractivity contribution in [2.75, 3.05) is 26.2 Å². The Bertz CT molecular complexity index is 1180. The van der Waals surface area contributed by atoms with Crippen molar-refractivity contribution < 1.29 is 9.53 Å². The molecule has 3 saturated carbocycles. The van der Waals surface area contributed by atoms with E-state index in [0.717, 1.165) is 132 Å². The molecule has 6 nitrogen and oxygen atoms in total. The Labute approximate surface area is 334 Å². The third-order valence-corrected chi connectivity index (χ3v) is 17.3. The van der Waals surface area contributed by atoms with Crippen LogP contribution in [0.25, 0.3) is 0 Å². The van der Waals surface area contributed by atoms with E-state index in [1.165, 1.54) is 51.4 Å². The van der Waals surface area contributed by atoms with E-state index in [9.17, 15) is 4.79 Å². The molecule has 0 radical (unpaired) electrons. The number of nitrogens with one attached hydrogen (secondary N) is 1. The van der Waals surface area contributed by atoms with Crippen LogP contribution in [0, 0.1) is 52.3 Å². The van der Waals surface area contributed by atoms with Gasteiger partial charge in [-0.25, -0.2) is 4.79 Å². The first-order valence-electron chi connectivity index (χ1n) is 23.6. The highest BCUT2D eigenvalue weighted by Crippen LogP contribution is 2.67. The van der Waals surface area contributed by atoms with E-state index in [2.05, 4.69) is 80.6 Å². The van der Waals surface area contributed by atoms with Crippen molar-refractivity contribution in [3.63, 3.8) is 0 Å². The highest BCUT2D eigenvalue weighted by molar-refractivity contribution is 5.68. The van der Waals surface area contributed by atoms with Crippen LogP contribution < -0.4 is 16.8 Å². The predicted octanol–water partition coefficient (Wildman–Crippen LogP) is 11.7. The Morgan fingerprint density at radius 1 is 0.870 bits per heavy atom. The van der Waals surface area contributed by atoms with E-state index in [-0.39, 0.29) is 28.7 Å². The molecule has 0 spiro atoms. The molecule has 54 heavy (non-hydrogen) atoms. The van der Waals surface area contributed by atoms with E-state index in [4.69, 9.17) is 16.2 Å². The van der Waals surface area contributed by atoms with Crippen LogP contribution in [-0.4, -0.2) is 54.4 Å². The van der Waals surface area contributed by atoms with Gasteiger partial charge in [0.15, 0.2) is 0 Å². The third kappa shape index (κ3) is 10.7. The summed E-state index contributed by atoms with van der Waals surface area (Å²) in [6, 6.07) is 0. The van der Waals surface area contributed by atoms with Gasteiger partial charge in [0, 0.05) is 30.6 Å². The number of carbonyl (C=O) groups excluding carboxylic acids is 1. The molecule has 0 aromatic rings. The van der Waals surface area contributed by atoms with Crippen molar-refractivity contribution in [2.45, 2.75) is 208 Å². The molecular formula is C48H90N4O2. The lowest BCUT2D eigenvalue weighted by molar-refractivity contribution is -0.0596. The zero-order valence-electron chi connectivity index (χ0n) is 37.4. The van der Waals surface area contributed by atoms with E-state index >= 15 is 0 Å². The molecule has 1 amide bonds. The number of nitrogens with two attached hydrogens (primary N) is 2. The topological polar surface area (TPSA) is 93.6 Å². The second kappa shape index (κ2) is 20.0. The lowest BCUT2D eigenvalue weighted by atomic mass is 9.47. The van der Waals surface area contributed by atoms with Crippen LogP contribution in [0.2, 0.25) is 0 Å². The van der Waals surface area contributed by atoms with Crippen LogP contribution in [0.1, 0.15) is 191 Å². The number of unbranched alkanes of at least 4 members (excludes halogenated alkanes) is 1. The smallest absolute Gasteiger partial charge is 0.410 e. The molecule has 9 atom stereocenters. The number of nitrogens with zero attached hydrogens (tertiary/aromatic N) is 1. The first kappa shape index (κ1) is 45.6. The Morgan fingerprint density at radius 2 is 1.56 bits per heavy atom. The molecule has 0 heterocycles. The molecule has 0 bridgehead atoms. The highest BCUT2D eigenvalue weighted by atomic mass is 16.6. The molecule has 4 aliphatic rings. The van der Waals surface area contributed by atoms with Gasteiger partial charge < -0.3 is 26.4 Å². The molecule has 0 saturated heterocycles. The lowest BCUT2D eigenvalue weighted by Crippen LogP contribution is -2.51. The van der Waals surface area contributed by atoms with Crippen LogP contribution in [0.15, 0.2) is 11.6 Å². The number of fused-ring (bicyclic) bond motifs is 5. The van der Waals surface area contributed by atoms with Gasteiger partial charge in [-0.3, -0.25) is 0 Å². The fourth-order valence-corrected chi connectivity index (χ4v) is 12.5. The standard InChI is InChI=1S/C48H90N4O2/c1-11-37(35(6)7)19-18-36(8)41-22-23-42-40-21-20-38-34-39(24-26-45(38,9)43(40)25-27-46(41,42)10)54-44(53)52(33-29-48(50,14-4)15-5)32-17-16-30-51-31-28-47(49,12-2)13-3/h20,35-37,39-43,51H,11-19,21-34,49-50H2,1-10H3/t36-,37-,39+,40+,41-,42+,43?,45+,46-/m1/s1. The number of hydrogen-bond acceptors (Lipinski definition) is 5. The average Bonchev–Trinajstić information content (AvgIpc) is 3.52. The molecule has 3 fully saturated rings. The van der Waals surface area contributed by atoms with Gasteiger partial charge in [0.2, 0.25) is 0 Å². The number of allylic oxidation sites excluding steroid dienone is 1. The van der Waals surface area contributed by atoms with Crippen molar-refractivity contribution in [1.82, 2.24) is 10.2 Å². The molecule has 5 N–H and O–H groups in total. The minimum atomic E-state index is -0.233. The van der Waals surface area contributed by atoms with Gasteiger partial charge in [-0.15, -0.1) is 0 Å². The first-order chi connectivity index (χ1) is 25.6. The van der Waals surface area contributed by atoms with Gasteiger partial charge in [-0.05, 0) is 168 Å². The van der Waals surface area contributed by atoms with Crippen LogP contribution in [0.4, 0.5) is 4.79 Å². The molecule has 0 aliphatic heterocycles. The van der Waals surface area contributed by atoms with Gasteiger partial charge in [0.05, 0.1) is 0 Å². The molecule has 1 unspecified atom stereocenters. The van der Waals surface area contributed by atoms with E-state index in [1.807, 2.05) is 4.90 Å². The largest absolute Gasteiger partial charge is 0.446 e. The Kier molecular flexibility index (Phi) is 16.9.